The quantitative estimate of drug-likeness (QED) is 0.584. The summed E-state index contributed by atoms with van der Waals surface area (Å²) in [5.74, 6) is 0.626. The second-order valence-electron chi connectivity index (χ2n) is 6.75. The maximum atomic E-state index is 13.2. The van der Waals surface area contributed by atoms with Gasteiger partial charge in [-0.05, 0) is 44.2 Å². The van der Waals surface area contributed by atoms with Crippen molar-refractivity contribution in [3.8, 4) is 0 Å². The average Bonchev–Trinajstić information content (AvgIpc) is 2.64. The first kappa shape index (κ1) is 21.3. The van der Waals surface area contributed by atoms with Gasteiger partial charge < -0.3 is 20.4 Å². The van der Waals surface area contributed by atoms with Crippen molar-refractivity contribution in [2.75, 3.05) is 51.2 Å². The number of rotatable bonds is 6. The number of hydrogen-bond donors (Lipinski definition) is 2. The van der Waals surface area contributed by atoms with Crippen LogP contribution in [0.5, 0.6) is 0 Å². The van der Waals surface area contributed by atoms with Gasteiger partial charge in [-0.15, -0.1) is 0 Å². The molecule has 2 rings (SSSR count). The van der Waals surface area contributed by atoms with Gasteiger partial charge in [0.15, 0.2) is 5.96 Å². The Hall–Kier alpha value is -1.96. The fraction of sp³-hybridized carbons (Fsp3) is 0.632. The molecule has 1 aromatic rings. The molecule has 0 aromatic heterocycles. The van der Waals surface area contributed by atoms with E-state index in [1.165, 1.54) is 12.1 Å². The van der Waals surface area contributed by atoms with E-state index in [1.54, 1.807) is 6.07 Å². The molecule has 1 heterocycles. The van der Waals surface area contributed by atoms with Crippen molar-refractivity contribution in [2.45, 2.75) is 33.0 Å². The first-order valence-corrected chi connectivity index (χ1v) is 9.51. The average molecular weight is 385 g/mol. The first-order chi connectivity index (χ1) is 12.8. The van der Waals surface area contributed by atoms with Crippen LogP contribution in [-0.4, -0.2) is 57.2 Å². The molecule has 0 spiro atoms. The molecule has 1 aromatic carbocycles. The normalized spacial score (nSPS) is 16.5. The molecule has 0 radical (unpaired) electrons. The molecule has 27 heavy (non-hydrogen) atoms. The largest absolute Gasteiger partial charge is 0.416 e. The van der Waals surface area contributed by atoms with Crippen LogP contribution in [0.25, 0.3) is 0 Å². The van der Waals surface area contributed by atoms with E-state index in [-0.39, 0.29) is 6.54 Å². The van der Waals surface area contributed by atoms with Crippen LogP contribution in [-0.2, 0) is 12.7 Å². The van der Waals surface area contributed by atoms with E-state index in [0.29, 0.717) is 18.1 Å². The minimum absolute atomic E-state index is 0.199. The molecule has 0 atom stereocenters. The third-order valence-corrected chi connectivity index (χ3v) is 4.54. The standard InChI is InChI=1S/C19H30F3N5/c1-4-8-24-18(23-5-2)25-14-15-13-16(19(20,21)22)6-7-17(15)27-11-9-26(3)10-12-27/h6-7,13H,4-5,8-12,14H2,1-3H3,(H2,23,24,25). The molecule has 2 N–H and O–H groups in total. The van der Waals surface area contributed by atoms with Crippen LogP contribution in [0.1, 0.15) is 31.4 Å². The van der Waals surface area contributed by atoms with Crippen LogP contribution in [0.3, 0.4) is 0 Å². The summed E-state index contributed by atoms with van der Waals surface area (Å²) in [6.45, 7) is 9.06. The molecule has 152 valence electrons. The summed E-state index contributed by atoms with van der Waals surface area (Å²) in [4.78, 5) is 8.87. The minimum Gasteiger partial charge on any atom is -0.369 e. The predicted octanol–water partition coefficient (Wildman–Crippen LogP) is 2.92. The smallest absolute Gasteiger partial charge is 0.369 e. The number of nitrogens with zero attached hydrogens (tertiary/aromatic N) is 3. The highest BCUT2D eigenvalue weighted by Crippen LogP contribution is 2.33. The lowest BCUT2D eigenvalue weighted by molar-refractivity contribution is -0.137. The van der Waals surface area contributed by atoms with Crippen molar-refractivity contribution in [1.82, 2.24) is 15.5 Å². The Labute approximate surface area is 159 Å². The summed E-state index contributed by atoms with van der Waals surface area (Å²) in [6, 6.07) is 3.99. The van der Waals surface area contributed by atoms with Gasteiger partial charge >= 0.3 is 6.18 Å². The number of nitrogens with one attached hydrogen (secondary N) is 2. The van der Waals surface area contributed by atoms with Crippen LogP contribution in [0.2, 0.25) is 0 Å². The molecule has 5 nitrogen and oxygen atoms in total. The van der Waals surface area contributed by atoms with Crippen molar-refractivity contribution in [3.05, 3.63) is 29.3 Å². The maximum Gasteiger partial charge on any atom is 0.416 e. The Bertz CT molecular complexity index is 622. The number of piperazine rings is 1. The summed E-state index contributed by atoms with van der Waals surface area (Å²) >= 11 is 0. The van der Waals surface area contributed by atoms with E-state index in [1.807, 2.05) is 6.92 Å². The van der Waals surface area contributed by atoms with Crippen LogP contribution in [0.15, 0.2) is 23.2 Å². The Morgan fingerprint density at radius 3 is 2.41 bits per heavy atom. The van der Waals surface area contributed by atoms with Crippen molar-refractivity contribution in [1.29, 1.82) is 0 Å². The number of hydrogen-bond acceptors (Lipinski definition) is 3. The van der Waals surface area contributed by atoms with Crippen molar-refractivity contribution < 1.29 is 13.2 Å². The fourth-order valence-corrected chi connectivity index (χ4v) is 2.99. The van der Waals surface area contributed by atoms with Crippen LogP contribution < -0.4 is 15.5 Å². The van der Waals surface area contributed by atoms with Crippen molar-refractivity contribution in [2.24, 2.45) is 4.99 Å². The molecular weight excluding hydrogens is 355 g/mol. The molecule has 0 saturated carbocycles. The number of halogens is 3. The van der Waals surface area contributed by atoms with Gasteiger partial charge in [-0.2, -0.15) is 13.2 Å². The Kier molecular flexibility index (Phi) is 7.77. The number of aliphatic imine (C=N–C) groups is 1. The topological polar surface area (TPSA) is 42.9 Å². The third kappa shape index (κ3) is 6.30. The van der Waals surface area contributed by atoms with E-state index in [4.69, 9.17) is 0 Å². The number of likely N-dealkylation sites (N-methyl/N-ethyl adjacent to an activating group) is 1. The van der Waals surface area contributed by atoms with Gasteiger partial charge in [-0.25, -0.2) is 4.99 Å². The van der Waals surface area contributed by atoms with E-state index in [9.17, 15) is 13.2 Å². The molecule has 0 unspecified atom stereocenters. The highest BCUT2D eigenvalue weighted by atomic mass is 19.4. The SMILES string of the molecule is CCCNC(=NCc1cc(C(F)(F)F)ccc1N1CCN(C)CC1)NCC. The summed E-state index contributed by atoms with van der Waals surface area (Å²) in [7, 11) is 2.05. The van der Waals surface area contributed by atoms with Gasteiger partial charge in [0.25, 0.3) is 0 Å². The summed E-state index contributed by atoms with van der Waals surface area (Å²) < 4.78 is 39.6. The van der Waals surface area contributed by atoms with Crippen molar-refractivity contribution in [3.63, 3.8) is 0 Å². The van der Waals surface area contributed by atoms with E-state index in [0.717, 1.165) is 44.8 Å². The summed E-state index contributed by atoms with van der Waals surface area (Å²) in [5, 5.41) is 6.32. The molecule has 0 amide bonds. The second-order valence-corrected chi connectivity index (χ2v) is 6.75. The van der Waals surface area contributed by atoms with Gasteiger partial charge in [0, 0.05) is 45.0 Å². The zero-order valence-electron chi connectivity index (χ0n) is 16.4. The molecule has 0 bridgehead atoms. The minimum atomic E-state index is -4.36. The second kappa shape index (κ2) is 9.82. The monoisotopic (exact) mass is 385 g/mol. The lowest BCUT2D eigenvalue weighted by Crippen LogP contribution is -2.44. The number of alkyl halides is 3. The Balaban J connectivity index is 2.28. The van der Waals surface area contributed by atoms with E-state index < -0.39 is 11.7 Å². The zero-order valence-corrected chi connectivity index (χ0v) is 16.4. The van der Waals surface area contributed by atoms with E-state index in [2.05, 4.69) is 39.4 Å². The first-order valence-electron chi connectivity index (χ1n) is 9.51. The third-order valence-electron chi connectivity index (χ3n) is 4.54. The molecule has 1 aliphatic heterocycles. The Morgan fingerprint density at radius 1 is 1.11 bits per heavy atom. The van der Waals surface area contributed by atoms with Crippen LogP contribution >= 0.6 is 0 Å². The summed E-state index contributed by atoms with van der Waals surface area (Å²) in [6.07, 6.45) is -3.41. The molecule has 1 saturated heterocycles. The number of anilines is 1. The summed E-state index contributed by atoms with van der Waals surface area (Å²) in [5.41, 5.74) is 0.811. The number of benzene rings is 1. The molecule has 0 aliphatic carbocycles. The molecule has 1 fully saturated rings. The van der Waals surface area contributed by atoms with Gasteiger partial charge in [-0.1, -0.05) is 6.92 Å². The molecule has 1 aliphatic rings. The zero-order chi connectivity index (χ0) is 19.9. The van der Waals surface area contributed by atoms with Crippen LogP contribution in [0.4, 0.5) is 18.9 Å². The molecular formula is C19H30F3N5. The highest BCUT2D eigenvalue weighted by molar-refractivity contribution is 5.79. The lowest BCUT2D eigenvalue weighted by atomic mass is 10.1. The van der Waals surface area contributed by atoms with E-state index >= 15 is 0 Å². The highest BCUT2D eigenvalue weighted by Gasteiger charge is 2.31. The number of guanidine groups is 1. The van der Waals surface area contributed by atoms with Crippen molar-refractivity contribution >= 4 is 11.6 Å². The van der Waals surface area contributed by atoms with Gasteiger partial charge in [0.1, 0.15) is 0 Å². The van der Waals surface area contributed by atoms with Gasteiger partial charge in [-0.3, -0.25) is 0 Å². The predicted molar refractivity (Wildman–Crippen MR) is 104 cm³/mol. The van der Waals surface area contributed by atoms with Gasteiger partial charge in [0.2, 0.25) is 0 Å². The Morgan fingerprint density at radius 2 is 1.81 bits per heavy atom. The lowest BCUT2D eigenvalue weighted by Gasteiger charge is -2.35. The van der Waals surface area contributed by atoms with Crippen LogP contribution in [0, 0.1) is 0 Å². The van der Waals surface area contributed by atoms with Gasteiger partial charge in [0.05, 0.1) is 12.1 Å². The maximum absolute atomic E-state index is 13.2. The molecule has 8 heteroatoms. The fourth-order valence-electron chi connectivity index (χ4n) is 2.99.